The van der Waals surface area contributed by atoms with Crippen molar-refractivity contribution in [3.05, 3.63) is 69.2 Å². The van der Waals surface area contributed by atoms with Gasteiger partial charge in [0.2, 0.25) is 5.91 Å². The average Bonchev–Trinajstić information content (AvgIpc) is 3.27. The van der Waals surface area contributed by atoms with Crippen molar-refractivity contribution < 1.29 is 4.79 Å². The Kier molecular flexibility index (Phi) is 6.31. The first-order chi connectivity index (χ1) is 13.4. The second-order valence-electron chi connectivity index (χ2n) is 7.37. The lowest BCUT2D eigenvalue weighted by atomic mass is 9.98. The van der Waals surface area contributed by atoms with Crippen LogP contribution in [0.5, 0.6) is 0 Å². The summed E-state index contributed by atoms with van der Waals surface area (Å²) < 4.78 is 1.78. The molecule has 0 aliphatic carbocycles. The van der Waals surface area contributed by atoms with Gasteiger partial charge in [0.15, 0.2) is 0 Å². The third-order valence-electron chi connectivity index (χ3n) is 5.00. The normalized spacial score (nSPS) is 12.4. The van der Waals surface area contributed by atoms with Gasteiger partial charge in [-0.2, -0.15) is 5.10 Å². The van der Waals surface area contributed by atoms with E-state index >= 15 is 0 Å². The molecule has 0 bridgehead atoms. The highest BCUT2D eigenvalue weighted by Gasteiger charge is 2.18. The van der Waals surface area contributed by atoms with Gasteiger partial charge in [-0.25, -0.2) is 0 Å². The number of carbonyl (C=O) groups is 1. The minimum Gasteiger partial charge on any atom is -0.322 e. The summed E-state index contributed by atoms with van der Waals surface area (Å²) in [6.45, 7) is 8.46. The van der Waals surface area contributed by atoms with Gasteiger partial charge in [0.25, 0.3) is 0 Å². The van der Waals surface area contributed by atoms with Crippen molar-refractivity contribution >= 4 is 22.9 Å². The standard InChI is InChI=1S/C22H28N4OS/c1-14(2)17-8-10-18(11-9-17)22(19-7-6-12-28-19)23-13-20(27)24-21-15(3)25-26(5)16(21)4/h6-12,14,22-23H,13H2,1-5H3,(H,24,27)/t22-/m0/s1. The summed E-state index contributed by atoms with van der Waals surface area (Å²) >= 11 is 1.69. The molecule has 0 saturated heterocycles. The van der Waals surface area contributed by atoms with E-state index in [0.29, 0.717) is 5.92 Å². The van der Waals surface area contributed by atoms with Crippen molar-refractivity contribution in [1.82, 2.24) is 15.1 Å². The summed E-state index contributed by atoms with van der Waals surface area (Å²) in [7, 11) is 1.88. The SMILES string of the molecule is Cc1nn(C)c(C)c1NC(=O)CN[C@@H](c1ccc(C(C)C)cc1)c1cccs1. The summed E-state index contributed by atoms with van der Waals surface area (Å²) in [5, 5.41) is 12.8. The minimum absolute atomic E-state index is 0.0111. The van der Waals surface area contributed by atoms with Crippen molar-refractivity contribution in [2.75, 3.05) is 11.9 Å². The average molecular weight is 397 g/mol. The molecule has 0 radical (unpaired) electrons. The zero-order valence-corrected chi connectivity index (χ0v) is 17.9. The van der Waals surface area contributed by atoms with Crippen LogP contribution in [-0.2, 0) is 11.8 Å². The molecule has 3 aromatic rings. The van der Waals surface area contributed by atoms with Crippen molar-refractivity contribution in [3.63, 3.8) is 0 Å². The quantitative estimate of drug-likeness (QED) is 0.616. The Labute approximate surface area is 170 Å². The Balaban J connectivity index is 1.73. The zero-order chi connectivity index (χ0) is 20.3. The summed E-state index contributed by atoms with van der Waals surface area (Å²) in [5.74, 6) is 0.429. The lowest BCUT2D eigenvalue weighted by Gasteiger charge is -2.19. The topological polar surface area (TPSA) is 59.0 Å². The molecule has 0 fully saturated rings. The van der Waals surface area contributed by atoms with Crippen molar-refractivity contribution in [3.8, 4) is 0 Å². The number of benzene rings is 1. The molecule has 0 aliphatic rings. The number of amides is 1. The summed E-state index contributed by atoms with van der Waals surface area (Å²) in [6.07, 6.45) is 0. The van der Waals surface area contributed by atoms with Crippen LogP contribution in [0.2, 0.25) is 0 Å². The molecule has 0 aliphatic heterocycles. The molecule has 2 aromatic heterocycles. The molecule has 2 N–H and O–H groups in total. The molecule has 3 rings (SSSR count). The Morgan fingerprint density at radius 1 is 1.14 bits per heavy atom. The predicted molar refractivity (Wildman–Crippen MR) is 116 cm³/mol. The van der Waals surface area contributed by atoms with Gasteiger partial charge in [-0.05, 0) is 42.3 Å². The first-order valence-corrected chi connectivity index (χ1v) is 10.4. The molecular formula is C22H28N4OS. The van der Waals surface area contributed by atoms with Gasteiger partial charge in [0, 0.05) is 11.9 Å². The van der Waals surface area contributed by atoms with Gasteiger partial charge >= 0.3 is 0 Å². The zero-order valence-electron chi connectivity index (χ0n) is 17.1. The Morgan fingerprint density at radius 2 is 1.82 bits per heavy atom. The maximum Gasteiger partial charge on any atom is 0.238 e. The van der Waals surface area contributed by atoms with Gasteiger partial charge in [0.05, 0.1) is 29.7 Å². The van der Waals surface area contributed by atoms with E-state index in [1.165, 1.54) is 10.4 Å². The van der Waals surface area contributed by atoms with Crippen molar-refractivity contribution in [2.24, 2.45) is 7.05 Å². The molecule has 1 aromatic carbocycles. The van der Waals surface area contributed by atoms with E-state index in [9.17, 15) is 4.79 Å². The number of nitrogens with one attached hydrogen (secondary N) is 2. The molecule has 0 saturated carbocycles. The summed E-state index contributed by atoms with van der Waals surface area (Å²) in [5.41, 5.74) is 5.04. The Hall–Kier alpha value is -2.44. The predicted octanol–water partition coefficient (Wildman–Crippen LogP) is 4.54. The molecule has 0 unspecified atom stereocenters. The number of hydrogen-bond donors (Lipinski definition) is 2. The van der Waals surface area contributed by atoms with E-state index in [1.807, 2.05) is 27.0 Å². The number of anilines is 1. The molecular weight excluding hydrogens is 368 g/mol. The second kappa shape index (κ2) is 8.71. The molecule has 0 spiro atoms. The van der Waals surface area contributed by atoms with Crippen LogP contribution in [0.25, 0.3) is 0 Å². The minimum atomic E-state index is -0.0699. The van der Waals surface area contributed by atoms with Crippen LogP contribution >= 0.6 is 11.3 Å². The summed E-state index contributed by atoms with van der Waals surface area (Å²) in [4.78, 5) is 13.8. The molecule has 148 valence electrons. The smallest absolute Gasteiger partial charge is 0.238 e. The number of aromatic nitrogens is 2. The lowest BCUT2D eigenvalue weighted by molar-refractivity contribution is -0.115. The highest BCUT2D eigenvalue weighted by molar-refractivity contribution is 7.10. The van der Waals surface area contributed by atoms with Crippen LogP contribution in [0.4, 0.5) is 5.69 Å². The fourth-order valence-corrected chi connectivity index (χ4v) is 4.07. The Morgan fingerprint density at radius 3 is 2.36 bits per heavy atom. The maximum atomic E-state index is 12.6. The van der Waals surface area contributed by atoms with E-state index in [1.54, 1.807) is 16.0 Å². The van der Waals surface area contributed by atoms with Crippen LogP contribution in [-0.4, -0.2) is 22.2 Å². The van der Waals surface area contributed by atoms with Crippen LogP contribution in [0.3, 0.4) is 0 Å². The Bertz CT molecular complexity index is 926. The fourth-order valence-electron chi connectivity index (χ4n) is 3.24. The maximum absolute atomic E-state index is 12.6. The van der Waals surface area contributed by atoms with E-state index in [-0.39, 0.29) is 18.5 Å². The summed E-state index contributed by atoms with van der Waals surface area (Å²) in [6, 6.07) is 12.8. The molecule has 6 heteroatoms. The molecule has 5 nitrogen and oxygen atoms in total. The van der Waals surface area contributed by atoms with E-state index in [0.717, 1.165) is 22.6 Å². The largest absolute Gasteiger partial charge is 0.322 e. The van der Waals surface area contributed by atoms with Gasteiger partial charge in [0.1, 0.15) is 0 Å². The van der Waals surface area contributed by atoms with Crippen LogP contribution in [0.15, 0.2) is 41.8 Å². The van der Waals surface area contributed by atoms with E-state index < -0.39 is 0 Å². The highest BCUT2D eigenvalue weighted by atomic mass is 32.1. The van der Waals surface area contributed by atoms with Gasteiger partial charge in [-0.1, -0.05) is 44.2 Å². The number of aryl methyl sites for hydroxylation is 2. The fraction of sp³-hybridized carbons (Fsp3) is 0.364. The van der Waals surface area contributed by atoms with Gasteiger partial charge in [-0.15, -0.1) is 11.3 Å². The van der Waals surface area contributed by atoms with Gasteiger partial charge < -0.3 is 5.32 Å². The third-order valence-corrected chi connectivity index (χ3v) is 5.94. The second-order valence-corrected chi connectivity index (χ2v) is 8.35. The first kappa shape index (κ1) is 20.3. The molecule has 1 atom stereocenters. The van der Waals surface area contributed by atoms with Gasteiger partial charge in [-0.3, -0.25) is 14.8 Å². The number of hydrogen-bond acceptors (Lipinski definition) is 4. The molecule has 28 heavy (non-hydrogen) atoms. The molecule has 1 amide bonds. The van der Waals surface area contributed by atoms with Crippen LogP contribution in [0, 0.1) is 13.8 Å². The first-order valence-electron chi connectivity index (χ1n) is 9.53. The number of thiophene rings is 1. The molecule has 2 heterocycles. The number of rotatable bonds is 7. The lowest BCUT2D eigenvalue weighted by Crippen LogP contribution is -2.31. The number of nitrogens with zero attached hydrogens (tertiary/aromatic N) is 2. The third kappa shape index (κ3) is 4.51. The van der Waals surface area contributed by atoms with Crippen molar-refractivity contribution in [2.45, 2.75) is 39.7 Å². The van der Waals surface area contributed by atoms with E-state index in [4.69, 9.17) is 0 Å². The van der Waals surface area contributed by atoms with Crippen LogP contribution in [0.1, 0.15) is 53.2 Å². The monoisotopic (exact) mass is 396 g/mol. The highest BCUT2D eigenvalue weighted by Crippen LogP contribution is 2.27. The van der Waals surface area contributed by atoms with E-state index in [2.05, 4.69) is 65.3 Å². The number of carbonyl (C=O) groups excluding carboxylic acids is 1. The van der Waals surface area contributed by atoms with Crippen LogP contribution < -0.4 is 10.6 Å². The van der Waals surface area contributed by atoms with Crippen molar-refractivity contribution in [1.29, 1.82) is 0 Å².